The molecule has 1 saturated heterocycles. The molecule has 0 bridgehead atoms. The van der Waals surface area contributed by atoms with Crippen LogP contribution in [0.2, 0.25) is 0 Å². The Hall–Kier alpha value is -2.56. The van der Waals surface area contributed by atoms with Crippen molar-refractivity contribution in [2.24, 2.45) is 0 Å². The van der Waals surface area contributed by atoms with E-state index >= 15 is 0 Å². The summed E-state index contributed by atoms with van der Waals surface area (Å²) >= 11 is 0. The number of hydrogen-bond acceptors (Lipinski definition) is 3. The number of aryl methyl sites for hydroxylation is 1. The van der Waals surface area contributed by atoms with Crippen LogP contribution in [0.4, 0.5) is 0 Å². The van der Waals surface area contributed by atoms with Gasteiger partial charge >= 0.3 is 0 Å². The van der Waals surface area contributed by atoms with Crippen molar-refractivity contribution in [3.63, 3.8) is 0 Å². The van der Waals surface area contributed by atoms with Crippen LogP contribution >= 0.6 is 0 Å². The van der Waals surface area contributed by atoms with Crippen molar-refractivity contribution in [3.8, 4) is 0 Å². The van der Waals surface area contributed by atoms with Crippen molar-refractivity contribution in [3.05, 3.63) is 59.5 Å². The molecule has 1 aromatic heterocycles. The molecule has 1 aromatic carbocycles. The van der Waals surface area contributed by atoms with Crippen LogP contribution in [0.1, 0.15) is 29.7 Å². The molecule has 2 amide bonds. The van der Waals surface area contributed by atoms with Crippen molar-refractivity contribution < 1.29 is 14.0 Å². The fraction of sp³-hybridized carbons (Fsp3) is 0.400. The van der Waals surface area contributed by atoms with Crippen LogP contribution in [0.3, 0.4) is 0 Å². The van der Waals surface area contributed by atoms with Gasteiger partial charge in [-0.3, -0.25) is 9.59 Å². The molecule has 1 aliphatic heterocycles. The van der Waals surface area contributed by atoms with Crippen LogP contribution in [-0.4, -0.2) is 35.3 Å². The van der Waals surface area contributed by atoms with Gasteiger partial charge in [0.2, 0.25) is 11.8 Å². The highest BCUT2D eigenvalue weighted by Crippen LogP contribution is 2.28. The van der Waals surface area contributed by atoms with E-state index in [1.807, 2.05) is 17.0 Å². The highest BCUT2D eigenvalue weighted by molar-refractivity contribution is 5.82. The molecule has 1 N–H and O–H groups in total. The van der Waals surface area contributed by atoms with E-state index in [0.717, 1.165) is 18.6 Å². The Bertz CT molecular complexity index is 744. The van der Waals surface area contributed by atoms with E-state index in [4.69, 9.17) is 4.42 Å². The number of rotatable bonds is 5. The molecule has 2 heterocycles. The number of nitrogens with one attached hydrogen (secondary N) is 1. The molecule has 1 unspecified atom stereocenters. The van der Waals surface area contributed by atoms with Crippen LogP contribution in [0, 0.1) is 0 Å². The molecule has 5 heteroatoms. The van der Waals surface area contributed by atoms with Gasteiger partial charge in [0.25, 0.3) is 0 Å². The number of nitrogens with zero attached hydrogens (tertiary/aromatic N) is 1. The molecule has 130 valence electrons. The Morgan fingerprint density at radius 1 is 1.12 bits per heavy atom. The Balaban J connectivity index is 1.30. The molecular weight excluding hydrogens is 316 g/mol. The standard InChI is InChI=1S/C20H22N2O3/c23-19(8-7-18-6-3-9-25-18)21-16-12-20(24)22(13-16)17-10-14-4-1-2-5-15(14)11-17/h1-6,9,16-17H,7-8,10-13H2,(H,21,23). The van der Waals surface area contributed by atoms with Gasteiger partial charge < -0.3 is 14.6 Å². The molecule has 1 atom stereocenters. The summed E-state index contributed by atoms with van der Waals surface area (Å²) in [4.78, 5) is 26.5. The average Bonchev–Trinajstić information content (AvgIpc) is 3.32. The van der Waals surface area contributed by atoms with Gasteiger partial charge in [0.05, 0.1) is 12.3 Å². The number of benzene rings is 1. The predicted molar refractivity (Wildman–Crippen MR) is 92.9 cm³/mol. The quantitative estimate of drug-likeness (QED) is 0.908. The molecule has 1 fully saturated rings. The lowest BCUT2D eigenvalue weighted by molar-refractivity contribution is -0.129. The Labute approximate surface area is 147 Å². The minimum Gasteiger partial charge on any atom is -0.469 e. The zero-order valence-corrected chi connectivity index (χ0v) is 14.1. The fourth-order valence-corrected chi connectivity index (χ4v) is 3.93. The summed E-state index contributed by atoms with van der Waals surface area (Å²) in [5, 5.41) is 3.00. The van der Waals surface area contributed by atoms with E-state index in [9.17, 15) is 9.59 Å². The van der Waals surface area contributed by atoms with E-state index in [1.54, 1.807) is 6.26 Å². The highest BCUT2D eigenvalue weighted by atomic mass is 16.3. The van der Waals surface area contributed by atoms with Crippen molar-refractivity contribution in [1.82, 2.24) is 10.2 Å². The molecule has 0 saturated carbocycles. The summed E-state index contributed by atoms with van der Waals surface area (Å²) in [5.74, 6) is 0.933. The number of carbonyl (C=O) groups excluding carboxylic acids is 2. The summed E-state index contributed by atoms with van der Waals surface area (Å²) in [7, 11) is 0. The van der Waals surface area contributed by atoms with E-state index in [0.29, 0.717) is 25.8 Å². The summed E-state index contributed by atoms with van der Waals surface area (Å²) < 4.78 is 5.24. The van der Waals surface area contributed by atoms with Crippen LogP contribution in [-0.2, 0) is 28.9 Å². The van der Waals surface area contributed by atoms with Crippen LogP contribution in [0.15, 0.2) is 47.1 Å². The van der Waals surface area contributed by atoms with E-state index in [2.05, 4.69) is 29.6 Å². The predicted octanol–water partition coefficient (Wildman–Crippen LogP) is 2.10. The lowest BCUT2D eigenvalue weighted by Crippen LogP contribution is -2.41. The van der Waals surface area contributed by atoms with Crippen LogP contribution < -0.4 is 5.32 Å². The SMILES string of the molecule is O=C(CCc1ccco1)NC1CC(=O)N(C2Cc3ccccc3C2)C1. The normalized spacial score (nSPS) is 20.1. The van der Waals surface area contributed by atoms with Crippen LogP contribution in [0.5, 0.6) is 0 Å². The molecule has 2 aromatic rings. The van der Waals surface area contributed by atoms with Crippen LogP contribution in [0.25, 0.3) is 0 Å². The molecule has 5 nitrogen and oxygen atoms in total. The zero-order valence-electron chi connectivity index (χ0n) is 14.1. The number of hydrogen-bond donors (Lipinski definition) is 1. The lowest BCUT2D eigenvalue weighted by Gasteiger charge is -2.24. The van der Waals surface area contributed by atoms with Gasteiger partial charge in [-0.1, -0.05) is 24.3 Å². The topological polar surface area (TPSA) is 62.6 Å². The van der Waals surface area contributed by atoms with Gasteiger partial charge in [-0.05, 0) is 36.1 Å². The van der Waals surface area contributed by atoms with Crippen molar-refractivity contribution in [2.45, 2.75) is 44.2 Å². The molecule has 0 radical (unpaired) electrons. The smallest absolute Gasteiger partial charge is 0.225 e. The number of carbonyl (C=O) groups is 2. The molecule has 4 rings (SSSR count). The van der Waals surface area contributed by atoms with Gasteiger partial charge in [-0.15, -0.1) is 0 Å². The zero-order chi connectivity index (χ0) is 17.2. The third-order valence-electron chi connectivity index (χ3n) is 5.17. The Morgan fingerprint density at radius 2 is 1.88 bits per heavy atom. The van der Waals surface area contributed by atoms with Gasteiger partial charge in [-0.25, -0.2) is 0 Å². The van der Waals surface area contributed by atoms with E-state index in [-0.39, 0.29) is 23.9 Å². The third kappa shape index (κ3) is 3.45. The van der Waals surface area contributed by atoms with Crippen molar-refractivity contribution >= 4 is 11.8 Å². The number of furan rings is 1. The lowest BCUT2D eigenvalue weighted by atomic mass is 10.1. The first-order chi connectivity index (χ1) is 12.2. The molecule has 2 aliphatic rings. The number of likely N-dealkylation sites (tertiary alicyclic amines) is 1. The summed E-state index contributed by atoms with van der Waals surface area (Å²) in [6.45, 7) is 0.615. The highest BCUT2D eigenvalue weighted by Gasteiger charge is 2.37. The molecule has 1 aliphatic carbocycles. The third-order valence-corrected chi connectivity index (χ3v) is 5.17. The van der Waals surface area contributed by atoms with Crippen molar-refractivity contribution in [1.29, 1.82) is 0 Å². The summed E-state index contributed by atoms with van der Waals surface area (Å²) in [5.41, 5.74) is 2.68. The summed E-state index contributed by atoms with van der Waals surface area (Å²) in [6.07, 6.45) is 4.82. The van der Waals surface area contributed by atoms with Crippen molar-refractivity contribution in [2.75, 3.05) is 6.54 Å². The molecular formula is C20H22N2O3. The monoisotopic (exact) mass is 338 g/mol. The minimum absolute atomic E-state index is 0.0224. The first-order valence-electron chi connectivity index (χ1n) is 8.87. The first kappa shape index (κ1) is 15.9. The van der Waals surface area contributed by atoms with Gasteiger partial charge in [0.1, 0.15) is 5.76 Å². The maximum Gasteiger partial charge on any atom is 0.225 e. The minimum atomic E-state index is -0.0830. The first-order valence-corrected chi connectivity index (χ1v) is 8.87. The van der Waals surface area contributed by atoms with E-state index < -0.39 is 0 Å². The maximum atomic E-state index is 12.4. The van der Waals surface area contributed by atoms with E-state index in [1.165, 1.54) is 11.1 Å². The van der Waals surface area contributed by atoms with Gasteiger partial charge in [0, 0.05) is 31.8 Å². The Morgan fingerprint density at radius 3 is 2.56 bits per heavy atom. The molecule has 25 heavy (non-hydrogen) atoms. The number of fused-ring (bicyclic) bond motifs is 1. The average molecular weight is 338 g/mol. The Kier molecular flexibility index (Phi) is 4.30. The fourth-order valence-electron chi connectivity index (χ4n) is 3.93. The second-order valence-electron chi connectivity index (χ2n) is 6.92. The molecule has 0 spiro atoms. The van der Waals surface area contributed by atoms with Gasteiger partial charge in [-0.2, -0.15) is 0 Å². The largest absolute Gasteiger partial charge is 0.469 e. The summed E-state index contributed by atoms with van der Waals surface area (Å²) in [6, 6.07) is 12.2. The number of amides is 2. The van der Waals surface area contributed by atoms with Gasteiger partial charge in [0.15, 0.2) is 0 Å². The second kappa shape index (κ2) is 6.75. The second-order valence-corrected chi connectivity index (χ2v) is 6.92. The maximum absolute atomic E-state index is 12.4.